The average molecular weight is 232 g/mol. The zero-order valence-corrected chi connectivity index (χ0v) is 9.80. The van der Waals surface area contributed by atoms with Gasteiger partial charge in [-0.25, -0.2) is 8.42 Å². The van der Waals surface area contributed by atoms with Gasteiger partial charge in [-0.1, -0.05) is 13.8 Å². The molecule has 2 fully saturated rings. The van der Waals surface area contributed by atoms with Crippen molar-refractivity contribution in [1.29, 1.82) is 0 Å². The first-order valence-corrected chi connectivity index (χ1v) is 6.97. The van der Waals surface area contributed by atoms with Gasteiger partial charge in [-0.2, -0.15) is 0 Å². The fourth-order valence-corrected chi connectivity index (χ4v) is 4.95. The summed E-state index contributed by atoms with van der Waals surface area (Å²) in [6, 6.07) is 0. The molecule has 5 heteroatoms. The van der Waals surface area contributed by atoms with Crippen LogP contribution in [0.2, 0.25) is 0 Å². The Bertz CT molecular complexity index is 409. The number of aliphatic carboxylic acids is 1. The third kappa shape index (κ3) is 1.40. The summed E-state index contributed by atoms with van der Waals surface area (Å²) in [5.74, 6) is -0.796. The van der Waals surface area contributed by atoms with Gasteiger partial charge >= 0.3 is 5.97 Å². The number of rotatable bonds is 2. The van der Waals surface area contributed by atoms with Crippen molar-refractivity contribution in [1.82, 2.24) is 0 Å². The Labute approximate surface area is 89.6 Å². The van der Waals surface area contributed by atoms with Gasteiger partial charge in [0.15, 0.2) is 9.84 Å². The van der Waals surface area contributed by atoms with Crippen LogP contribution in [-0.2, 0) is 14.6 Å². The highest BCUT2D eigenvalue weighted by molar-refractivity contribution is 7.91. The summed E-state index contributed by atoms with van der Waals surface area (Å²) >= 11 is 0. The molecule has 0 aromatic carbocycles. The first kappa shape index (κ1) is 10.9. The van der Waals surface area contributed by atoms with E-state index in [1.807, 2.05) is 13.8 Å². The molecule has 1 saturated carbocycles. The Balaban J connectivity index is 2.28. The first-order valence-electron chi connectivity index (χ1n) is 5.15. The van der Waals surface area contributed by atoms with Gasteiger partial charge in [-0.3, -0.25) is 4.79 Å². The van der Waals surface area contributed by atoms with Gasteiger partial charge < -0.3 is 5.11 Å². The molecule has 2 unspecified atom stereocenters. The van der Waals surface area contributed by atoms with Crippen molar-refractivity contribution in [3.05, 3.63) is 0 Å². The van der Waals surface area contributed by atoms with Crippen molar-refractivity contribution in [2.45, 2.75) is 26.7 Å². The van der Waals surface area contributed by atoms with Gasteiger partial charge in [0, 0.05) is 0 Å². The monoisotopic (exact) mass is 232 g/mol. The van der Waals surface area contributed by atoms with Gasteiger partial charge in [-0.15, -0.1) is 0 Å². The lowest BCUT2D eigenvalue weighted by atomic mass is 9.82. The van der Waals surface area contributed by atoms with Crippen molar-refractivity contribution < 1.29 is 18.3 Å². The van der Waals surface area contributed by atoms with E-state index >= 15 is 0 Å². The van der Waals surface area contributed by atoms with Gasteiger partial charge in [0.25, 0.3) is 0 Å². The summed E-state index contributed by atoms with van der Waals surface area (Å²) in [6.45, 7) is 3.82. The molecule has 0 radical (unpaired) electrons. The lowest BCUT2D eigenvalue weighted by Crippen LogP contribution is -2.30. The van der Waals surface area contributed by atoms with Crippen LogP contribution in [0.1, 0.15) is 26.7 Å². The molecule has 0 amide bonds. The molecule has 15 heavy (non-hydrogen) atoms. The van der Waals surface area contributed by atoms with E-state index in [4.69, 9.17) is 0 Å². The largest absolute Gasteiger partial charge is 0.481 e. The molecule has 1 N–H and O–H groups in total. The highest BCUT2D eigenvalue weighted by Gasteiger charge is 2.71. The highest BCUT2D eigenvalue weighted by atomic mass is 32.2. The van der Waals surface area contributed by atoms with Gasteiger partial charge in [0.1, 0.15) is 0 Å². The molecule has 4 nitrogen and oxygen atoms in total. The minimum absolute atomic E-state index is 0.0583. The maximum absolute atomic E-state index is 11.4. The van der Waals surface area contributed by atoms with E-state index in [-0.39, 0.29) is 22.8 Å². The van der Waals surface area contributed by atoms with E-state index in [1.165, 1.54) is 0 Å². The van der Waals surface area contributed by atoms with Crippen molar-refractivity contribution >= 4 is 15.8 Å². The predicted molar refractivity (Wildman–Crippen MR) is 55.2 cm³/mol. The Kier molecular flexibility index (Phi) is 2.00. The number of hydrogen-bond donors (Lipinski definition) is 1. The topological polar surface area (TPSA) is 71.4 Å². The van der Waals surface area contributed by atoms with Crippen molar-refractivity contribution in [3.8, 4) is 0 Å². The molecule has 0 spiro atoms. The van der Waals surface area contributed by atoms with Crippen molar-refractivity contribution in [2.75, 3.05) is 11.5 Å². The van der Waals surface area contributed by atoms with Crippen molar-refractivity contribution in [3.63, 3.8) is 0 Å². The van der Waals surface area contributed by atoms with Crippen LogP contribution in [0.25, 0.3) is 0 Å². The quantitative estimate of drug-likeness (QED) is 0.768. The maximum Gasteiger partial charge on any atom is 0.310 e. The molecule has 0 aromatic rings. The van der Waals surface area contributed by atoms with E-state index in [9.17, 15) is 18.3 Å². The predicted octanol–water partition coefficient (Wildman–Crippen LogP) is 0.922. The Morgan fingerprint density at radius 1 is 1.40 bits per heavy atom. The van der Waals surface area contributed by atoms with E-state index in [1.54, 1.807) is 0 Å². The van der Waals surface area contributed by atoms with Gasteiger partial charge in [0.05, 0.1) is 16.9 Å². The van der Waals surface area contributed by atoms with E-state index in [0.717, 1.165) is 0 Å². The molecule has 1 aliphatic carbocycles. The molecule has 1 aliphatic heterocycles. The second-order valence-corrected chi connectivity index (χ2v) is 7.67. The summed E-state index contributed by atoms with van der Waals surface area (Å²) in [5, 5.41) is 9.28. The fraction of sp³-hybridized carbons (Fsp3) is 0.900. The zero-order chi connectivity index (χ0) is 11.5. The summed E-state index contributed by atoms with van der Waals surface area (Å²) in [4.78, 5) is 11.3. The van der Waals surface area contributed by atoms with Crippen LogP contribution in [0.5, 0.6) is 0 Å². The summed E-state index contributed by atoms with van der Waals surface area (Å²) in [5.41, 5.74) is -1.03. The molecule has 0 aromatic heterocycles. The number of carboxylic acids is 1. The first-order chi connectivity index (χ1) is 6.71. The van der Waals surface area contributed by atoms with Crippen LogP contribution in [0, 0.1) is 16.7 Å². The smallest absolute Gasteiger partial charge is 0.310 e. The second kappa shape index (κ2) is 2.75. The third-order valence-electron chi connectivity index (χ3n) is 4.11. The summed E-state index contributed by atoms with van der Waals surface area (Å²) in [6.07, 6.45) is 1.12. The van der Waals surface area contributed by atoms with Crippen LogP contribution in [-0.4, -0.2) is 31.0 Å². The molecular formula is C10H16O4S. The molecule has 2 atom stereocenters. The zero-order valence-electron chi connectivity index (χ0n) is 8.99. The van der Waals surface area contributed by atoms with Crippen molar-refractivity contribution in [2.24, 2.45) is 16.7 Å². The Hall–Kier alpha value is -0.580. The molecular weight excluding hydrogens is 216 g/mol. The van der Waals surface area contributed by atoms with Crippen LogP contribution in [0.4, 0.5) is 0 Å². The van der Waals surface area contributed by atoms with Crippen LogP contribution in [0.15, 0.2) is 0 Å². The molecule has 0 bridgehead atoms. The lowest BCUT2D eigenvalue weighted by Gasteiger charge is -2.21. The van der Waals surface area contributed by atoms with Gasteiger partial charge in [-0.05, 0) is 24.2 Å². The lowest BCUT2D eigenvalue weighted by molar-refractivity contribution is -0.147. The van der Waals surface area contributed by atoms with Gasteiger partial charge in [0.2, 0.25) is 0 Å². The molecule has 1 saturated heterocycles. The SMILES string of the molecule is CC1(C)CC1(C(=O)O)C1CCS(=O)(=O)C1. The molecule has 2 rings (SSSR count). The molecule has 2 aliphatic rings. The molecule has 1 heterocycles. The normalized spacial score (nSPS) is 41.3. The Morgan fingerprint density at radius 3 is 2.20 bits per heavy atom. The summed E-state index contributed by atoms with van der Waals surface area (Å²) < 4.78 is 22.7. The number of carbonyl (C=O) groups is 1. The van der Waals surface area contributed by atoms with Crippen LogP contribution >= 0.6 is 0 Å². The maximum atomic E-state index is 11.4. The van der Waals surface area contributed by atoms with Crippen LogP contribution < -0.4 is 0 Å². The fourth-order valence-electron chi connectivity index (χ4n) is 3.07. The number of hydrogen-bond acceptors (Lipinski definition) is 3. The van der Waals surface area contributed by atoms with E-state index < -0.39 is 21.2 Å². The minimum Gasteiger partial charge on any atom is -0.481 e. The molecule has 86 valence electrons. The van der Waals surface area contributed by atoms with Crippen LogP contribution in [0.3, 0.4) is 0 Å². The average Bonchev–Trinajstić information content (AvgIpc) is 2.45. The highest BCUT2D eigenvalue weighted by Crippen LogP contribution is 2.69. The summed E-state index contributed by atoms with van der Waals surface area (Å²) in [7, 11) is -2.99. The third-order valence-corrected chi connectivity index (χ3v) is 5.88. The Morgan fingerprint density at radius 2 is 1.93 bits per heavy atom. The second-order valence-electron chi connectivity index (χ2n) is 5.44. The standard InChI is InChI=1S/C10H16O4S/c1-9(2)6-10(9,8(11)12)7-3-4-15(13,14)5-7/h7H,3-6H2,1-2H3,(H,11,12). The minimum atomic E-state index is -2.99. The number of sulfone groups is 1. The van der Waals surface area contributed by atoms with E-state index in [2.05, 4.69) is 0 Å². The number of carboxylic acid groups (broad SMARTS) is 1. The van der Waals surface area contributed by atoms with E-state index in [0.29, 0.717) is 12.8 Å².